The monoisotopic (exact) mass is 199 g/mol. The third kappa shape index (κ3) is 3.18. The molecule has 1 unspecified atom stereocenters. The van der Waals surface area contributed by atoms with Crippen molar-refractivity contribution in [1.29, 1.82) is 0 Å². The van der Waals surface area contributed by atoms with E-state index in [2.05, 4.69) is 17.0 Å². The van der Waals surface area contributed by atoms with E-state index in [1.807, 2.05) is 0 Å². The van der Waals surface area contributed by atoms with Gasteiger partial charge < -0.3 is 15.8 Å². The van der Waals surface area contributed by atoms with Crippen LogP contribution < -0.4 is 5.73 Å². The van der Waals surface area contributed by atoms with Crippen molar-refractivity contribution < 1.29 is 5.21 Å². The van der Waals surface area contributed by atoms with Crippen molar-refractivity contribution in [3.05, 3.63) is 0 Å². The second-order valence-electron chi connectivity index (χ2n) is 4.02. The summed E-state index contributed by atoms with van der Waals surface area (Å²) in [5.74, 6) is 0.650. The molecule has 1 fully saturated rings. The van der Waals surface area contributed by atoms with E-state index in [0.29, 0.717) is 5.84 Å². The Morgan fingerprint density at radius 1 is 1.64 bits per heavy atom. The molecule has 82 valence electrons. The molecule has 0 bridgehead atoms. The van der Waals surface area contributed by atoms with Crippen molar-refractivity contribution in [2.24, 2.45) is 16.8 Å². The molecular formula is C10H21N3O. The summed E-state index contributed by atoms with van der Waals surface area (Å²) in [4.78, 5) is 2.41. The van der Waals surface area contributed by atoms with Crippen LogP contribution in [0, 0.1) is 5.92 Å². The van der Waals surface area contributed by atoms with Crippen molar-refractivity contribution in [3.8, 4) is 0 Å². The Morgan fingerprint density at radius 3 is 3.07 bits per heavy atom. The molecule has 1 rings (SSSR count). The first kappa shape index (κ1) is 11.3. The highest BCUT2D eigenvalue weighted by molar-refractivity contribution is 5.82. The molecule has 1 atom stereocenters. The number of nitrogens with two attached hydrogens (primary N) is 1. The highest BCUT2D eigenvalue weighted by Crippen LogP contribution is 2.16. The van der Waals surface area contributed by atoms with Gasteiger partial charge in [0.2, 0.25) is 0 Å². The lowest BCUT2D eigenvalue weighted by atomic mass is 9.97. The predicted molar refractivity (Wildman–Crippen MR) is 57.5 cm³/mol. The SMILES string of the molecule is CCCCN1CCCC(C(N)=NO)C1. The van der Waals surface area contributed by atoms with Gasteiger partial charge in [-0.1, -0.05) is 18.5 Å². The molecule has 0 amide bonds. The molecule has 4 nitrogen and oxygen atoms in total. The third-order valence-electron chi connectivity index (χ3n) is 2.87. The number of piperidine rings is 1. The van der Waals surface area contributed by atoms with Crippen LogP contribution in [0.3, 0.4) is 0 Å². The van der Waals surface area contributed by atoms with Crippen LogP contribution in [0.4, 0.5) is 0 Å². The number of nitrogens with zero attached hydrogens (tertiary/aromatic N) is 2. The van der Waals surface area contributed by atoms with Gasteiger partial charge in [0.25, 0.3) is 0 Å². The van der Waals surface area contributed by atoms with E-state index in [-0.39, 0.29) is 5.92 Å². The lowest BCUT2D eigenvalue weighted by molar-refractivity contribution is 0.198. The smallest absolute Gasteiger partial charge is 0.143 e. The minimum atomic E-state index is 0.255. The first-order chi connectivity index (χ1) is 6.77. The number of unbranched alkanes of at least 4 members (excludes halogenated alkanes) is 1. The molecule has 0 radical (unpaired) electrons. The Labute approximate surface area is 85.8 Å². The van der Waals surface area contributed by atoms with Crippen molar-refractivity contribution >= 4 is 5.84 Å². The molecule has 4 heteroatoms. The first-order valence-corrected chi connectivity index (χ1v) is 5.47. The molecular weight excluding hydrogens is 178 g/mol. The van der Waals surface area contributed by atoms with E-state index in [0.717, 1.165) is 32.5 Å². The molecule has 0 aromatic heterocycles. The van der Waals surface area contributed by atoms with E-state index in [1.165, 1.54) is 12.8 Å². The Morgan fingerprint density at radius 2 is 2.43 bits per heavy atom. The Bertz CT molecular complexity index is 194. The van der Waals surface area contributed by atoms with E-state index < -0.39 is 0 Å². The van der Waals surface area contributed by atoms with Gasteiger partial charge in [-0.25, -0.2) is 0 Å². The number of oxime groups is 1. The number of hydrogen-bond donors (Lipinski definition) is 2. The van der Waals surface area contributed by atoms with Gasteiger partial charge in [-0.3, -0.25) is 0 Å². The molecule has 0 spiro atoms. The van der Waals surface area contributed by atoms with E-state index in [9.17, 15) is 0 Å². The normalized spacial score (nSPS) is 25.2. The van der Waals surface area contributed by atoms with Gasteiger partial charge in [-0.05, 0) is 32.4 Å². The highest BCUT2D eigenvalue weighted by atomic mass is 16.4. The second-order valence-corrected chi connectivity index (χ2v) is 4.02. The summed E-state index contributed by atoms with van der Waals surface area (Å²) in [5.41, 5.74) is 5.61. The molecule has 1 saturated heterocycles. The summed E-state index contributed by atoms with van der Waals surface area (Å²) < 4.78 is 0. The van der Waals surface area contributed by atoms with Crippen LogP contribution >= 0.6 is 0 Å². The minimum Gasteiger partial charge on any atom is -0.409 e. The molecule has 0 saturated carbocycles. The zero-order chi connectivity index (χ0) is 10.4. The average Bonchev–Trinajstić information content (AvgIpc) is 2.25. The Hall–Kier alpha value is -0.770. The first-order valence-electron chi connectivity index (χ1n) is 5.47. The molecule has 1 heterocycles. The Kier molecular flexibility index (Phi) is 4.73. The van der Waals surface area contributed by atoms with Crippen molar-refractivity contribution in [1.82, 2.24) is 4.90 Å². The molecule has 0 aromatic rings. The maximum absolute atomic E-state index is 8.59. The molecule has 1 aliphatic rings. The summed E-state index contributed by atoms with van der Waals surface area (Å²) in [7, 11) is 0. The maximum atomic E-state index is 8.59. The number of likely N-dealkylation sites (tertiary alicyclic amines) is 1. The zero-order valence-corrected chi connectivity index (χ0v) is 8.95. The zero-order valence-electron chi connectivity index (χ0n) is 8.95. The summed E-state index contributed by atoms with van der Waals surface area (Å²) in [6.07, 6.45) is 4.68. The van der Waals surface area contributed by atoms with Gasteiger partial charge in [-0.15, -0.1) is 0 Å². The second kappa shape index (κ2) is 5.86. The van der Waals surface area contributed by atoms with Crippen molar-refractivity contribution in [3.63, 3.8) is 0 Å². The molecule has 3 N–H and O–H groups in total. The van der Waals surface area contributed by atoms with Gasteiger partial charge in [0, 0.05) is 12.5 Å². The van der Waals surface area contributed by atoms with Gasteiger partial charge in [0.05, 0.1) is 0 Å². The van der Waals surface area contributed by atoms with E-state index in [4.69, 9.17) is 10.9 Å². The third-order valence-corrected chi connectivity index (χ3v) is 2.87. The predicted octanol–water partition coefficient (Wildman–Crippen LogP) is 1.24. The summed E-state index contributed by atoms with van der Waals surface area (Å²) in [5, 5.41) is 11.7. The van der Waals surface area contributed by atoms with Crippen LogP contribution in [0.25, 0.3) is 0 Å². The van der Waals surface area contributed by atoms with E-state index >= 15 is 0 Å². The van der Waals surface area contributed by atoms with Crippen LogP contribution in [-0.2, 0) is 0 Å². The lowest BCUT2D eigenvalue weighted by Crippen LogP contribution is -2.41. The van der Waals surface area contributed by atoms with Crippen LogP contribution in [0.1, 0.15) is 32.6 Å². The van der Waals surface area contributed by atoms with Gasteiger partial charge >= 0.3 is 0 Å². The maximum Gasteiger partial charge on any atom is 0.143 e. The van der Waals surface area contributed by atoms with Crippen LogP contribution in [0.5, 0.6) is 0 Å². The fraction of sp³-hybridized carbons (Fsp3) is 0.900. The molecule has 14 heavy (non-hydrogen) atoms. The molecule has 0 aromatic carbocycles. The standard InChI is InChI=1S/C10H21N3O/c1-2-3-6-13-7-4-5-9(8-13)10(11)12-14/h9,14H,2-8H2,1H3,(H2,11,12). The van der Waals surface area contributed by atoms with Crippen molar-refractivity contribution in [2.75, 3.05) is 19.6 Å². The van der Waals surface area contributed by atoms with Crippen molar-refractivity contribution in [2.45, 2.75) is 32.6 Å². The molecule has 1 aliphatic heterocycles. The number of amidine groups is 1. The fourth-order valence-electron chi connectivity index (χ4n) is 1.96. The Balaban J connectivity index is 2.35. The summed E-state index contributed by atoms with van der Waals surface area (Å²) in [6, 6.07) is 0. The van der Waals surface area contributed by atoms with Gasteiger partial charge in [0.15, 0.2) is 0 Å². The minimum absolute atomic E-state index is 0.255. The van der Waals surface area contributed by atoms with E-state index in [1.54, 1.807) is 0 Å². The largest absolute Gasteiger partial charge is 0.409 e. The topological polar surface area (TPSA) is 61.8 Å². The quantitative estimate of drug-likeness (QED) is 0.310. The van der Waals surface area contributed by atoms with Crippen LogP contribution in [0.15, 0.2) is 5.16 Å². The fourth-order valence-corrected chi connectivity index (χ4v) is 1.96. The summed E-state index contributed by atoms with van der Waals surface area (Å²) >= 11 is 0. The van der Waals surface area contributed by atoms with Crippen LogP contribution in [-0.4, -0.2) is 35.6 Å². The molecule has 0 aliphatic carbocycles. The number of rotatable bonds is 4. The van der Waals surface area contributed by atoms with Gasteiger partial charge in [0.1, 0.15) is 5.84 Å². The number of hydrogen-bond acceptors (Lipinski definition) is 3. The summed E-state index contributed by atoms with van der Waals surface area (Å²) in [6.45, 7) is 5.46. The van der Waals surface area contributed by atoms with Gasteiger partial charge in [-0.2, -0.15) is 0 Å². The lowest BCUT2D eigenvalue weighted by Gasteiger charge is -2.31. The average molecular weight is 199 g/mol. The highest BCUT2D eigenvalue weighted by Gasteiger charge is 2.22. The van der Waals surface area contributed by atoms with Crippen LogP contribution in [0.2, 0.25) is 0 Å².